The molecule has 2 aromatic rings. The van der Waals surface area contributed by atoms with Gasteiger partial charge in [-0.3, -0.25) is 14.4 Å². The van der Waals surface area contributed by atoms with Gasteiger partial charge in [-0.25, -0.2) is 9.69 Å². The van der Waals surface area contributed by atoms with E-state index >= 15 is 0 Å². The number of fused-ring (bicyclic) bond motifs is 1. The highest BCUT2D eigenvalue weighted by Crippen LogP contribution is 2.30. The molecule has 6 nitrogen and oxygen atoms in total. The Morgan fingerprint density at radius 1 is 0.964 bits per heavy atom. The standard InChI is InChI=1S/C21H18BrNO5/c1-21(2,3)17(24)11-28-20(27)12-4-9-15-16(10-12)19(26)23(18(15)25)14-7-5-13(22)6-8-14/h4-10H,11H2,1-3H3. The van der Waals surface area contributed by atoms with Crippen molar-refractivity contribution in [2.75, 3.05) is 11.5 Å². The van der Waals surface area contributed by atoms with Gasteiger partial charge in [0.1, 0.15) is 0 Å². The Hall–Kier alpha value is -2.80. The Kier molecular flexibility index (Phi) is 5.21. The van der Waals surface area contributed by atoms with Gasteiger partial charge in [0.25, 0.3) is 11.8 Å². The van der Waals surface area contributed by atoms with E-state index in [1.54, 1.807) is 45.0 Å². The number of benzene rings is 2. The van der Waals surface area contributed by atoms with Gasteiger partial charge in [0.2, 0.25) is 0 Å². The normalized spacial score (nSPS) is 13.5. The van der Waals surface area contributed by atoms with Crippen molar-refractivity contribution in [1.82, 2.24) is 0 Å². The van der Waals surface area contributed by atoms with Gasteiger partial charge in [0, 0.05) is 9.89 Å². The summed E-state index contributed by atoms with van der Waals surface area (Å²) >= 11 is 3.31. The molecule has 0 spiro atoms. The van der Waals surface area contributed by atoms with Gasteiger partial charge in [-0.1, -0.05) is 36.7 Å². The lowest BCUT2D eigenvalue weighted by Gasteiger charge is -2.16. The van der Waals surface area contributed by atoms with Crippen molar-refractivity contribution in [3.63, 3.8) is 0 Å². The molecule has 1 heterocycles. The fourth-order valence-corrected chi connectivity index (χ4v) is 2.89. The molecule has 0 aromatic heterocycles. The predicted molar refractivity (Wildman–Crippen MR) is 106 cm³/mol. The molecule has 28 heavy (non-hydrogen) atoms. The van der Waals surface area contributed by atoms with E-state index in [2.05, 4.69) is 15.9 Å². The second-order valence-corrected chi connectivity index (χ2v) is 8.35. The third-order valence-corrected chi connectivity index (χ3v) is 4.91. The van der Waals surface area contributed by atoms with Crippen LogP contribution in [-0.2, 0) is 9.53 Å². The lowest BCUT2D eigenvalue weighted by molar-refractivity contribution is -0.129. The molecule has 0 radical (unpaired) electrons. The molecule has 7 heteroatoms. The predicted octanol–water partition coefficient (Wildman–Crippen LogP) is 4.02. The van der Waals surface area contributed by atoms with Crippen molar-refractivity contribution in [2.24, 2.45) is 5.41 Å². The van der Waals surface area contributed by atoms with Crippen LogP contribution in [0, 0.1) is 5.41 Å². The van der Waals surface area contributed by atoms with E-state index in [0.717, 1.165) is 9.37 Å². The maximum atomic E-state index is 12.8. The lowest BCUT2D eigenvalue weighted by atomic mass is 9.91. The summed E-state index contributed by atoms with van der Waals surface area (Å²) in [6.45, 7) is 4.86. The monoisotopic (exact) mass is 443 g/mol. The van der Waals surface area contributed by atoms with Gasteiger partial charge in [-0.05, 0) is 42.5 Å². The van der Waals surface area contributed by atoms with Gasteiger partial charge >= 0.3 is 5.97 Å². The zero-order valence-corrected chi connectivity index (χ0v) is 17.2. The molecule has 144 valence electrons. The van der Waals surface area contributed by atoms with Gasteiger partial charge in [-0.15, -0.1) is 0 Å². The van der Waals surface area contributed by atoms with Crippen LogP contribution in [0.5, 0.6) is 0 Å². The summed E-state index contributed by atoms with van der Waals surface area (Å²) in [7, 11) is 0. The lowest BCUT2D eigenvalue weighted by Crippen LogP contribution is -2.29. The van der Waals surface area contributed by atoms with Gasteiger partial charge in [-0.2, -0.15) is 0 Å². The topological polar surface area (TPSA) is 80.8 Å². The zero-order chi connectivity index (χ0) is 20.6. The molecule has 0 atom stereocenters. The number of halogens is 1. The number of amides is 2. The third kappa shape index (κ3) is 3.75. The molecule has 0 saturated heterocycles. The summed E-state index contributed by atoms with van der Waals surface area (Å²) in [5.74, 6) is -1.90. The minimum atomic E-state index is -0.720. The van der Waals surface area contributed by atoms with Crippen LogP contribution in [0.3, 0.4) is 0 Å². The van der Waals surface area contributed by atoms with Crippen LogP contribution in [0.15, 0.2) is 46.9 Å². The van der Waals surface area contributed by atoms with Crippen molar-refractivity contribution in [3.8, 4) is 0 Å². The summed E-state index contributed by atoms with van der Waals surface area (Å²) in [5.41, 5.74) is 0.277. The number of nitrogens with zero attached hydrogens (tertiary/aromatic N) is 1. The van der Waals surface area contributed by atoms with E-state index in [1.165, 1.54) is 18.2 Å². The van der Waals surface area contributed by atoms with E-state index < -0.39 is 23.2 Å². The summed E-state index contributed by atoms with van der Waals surface area (Å²) in [4.78, 5) is 50.6. The van der Waals surface area contributed by atoms with E-state index in [-0.39, 0.29) is 29.1 Å². The third-order valence-electron chi connectivity index (χ3n) is 4.38. The smallest absolute Gasteiger partial charge is 0.338 e. The van der Waals surface area contributed by atoms with Crippen molar-refractivity contribution in [1.29, 1.82) is 0 Å². The summed E-state index contributed by atoms with van der Waals surface area (Å²) in [6.07, 6.45) is 0. The number of anilines is 1. The average molecular weight is 444 g/mol. The van der Waals surface area contributed by atoms with Crippen LogP contribution in [0.2, 0.25) is 0 Å². The number of hydrogen-bond donors (Lipinski definition) is 0. The number of imide groups is 1. The second-order valence-electron chi connectivity index (χ2n) is 7.43. The van der Waals surface area contributed by atoms with Crippen LogP contribution < -0.4 is 4.90 Å². The minimum absolute atomic E-state index is 0.110. The van der Waals surface area contributed by atoms with E-state index in [4.69, 9.17) is 4.74 Å². The number of esters is 1. The van der Waals surface area contributed by atoms with Crippen LogP contribution in [0.1, 0.15) is 51.8 Å². The number of hydrogen-bond acceptors (Lipinski definition) is 5. The Labute approximate surface area is 170 Å². The maximum Gasteiger partial charge on any atom is 0.338 e. The van der Waals surface area contributed by atoms with E-state index in [1.807, 2.05) is 0 Å². The molecular formula is C21H18BrNO5. The average Bonchev–Trinajstić information content (AvgIpc) is 2.90. The zero-order valence-electron chi connectivity index (χ0n) is 15.6. The molecule has 0 fully saturated rings. The number of carbonyl (C=O) groups excluding carboxylic acids is 4. The second kappa shape index (κ2) is 7.31. The van der Waals surface area contributed by atoms with Gasteiger partial charge in [0.05, 0.1) is 22.4 Å². The fourth-order valence-electron chi connectivity index (χ4n) is 2.62. The van der Waals surface area contributed by atoms with Crippen molar-refractivity contribution in [2.45, 2.75) is 20.8 Å². The molecule has 1 aliphatic heterocycles. The first-order valence-electron chi connectivity index (χ1n) is 8.58. The highest BCUT2D eigenvalue weighted by Gasteiger charge is 2.37. The van der Waals surface area contributed by atoms with Crippen molar-refractivity contribution < 1.29 is 23.9 Å². The SMILES string of the molecule is CC(C)(C)C(=O)COC(=O)c1ccc2c(c1)C(=O)N(c1ccc(Br)cc1)C2=O. The molecule has 3 rings (SSSR count). The molecular weight excluding hydrogens is 426 g/mol. The number of carbonyl (C=O) groups is 4. The van der Waals surface area contributed by atoms with Crippen LogP contribution in [0.4, 0.5) is 5.69 Å². The summed E-state index contributed by atoms with van der Waals surface area (Å²) in [5, 5.41) is 0. The van der Waals surface area contributed by atoms with Crippen LogP contribution >= 0.6 is 15.9 Å². The number of ketones is 1. The van der Waals surface area contributed by atoms with Crippen molar-refractivity contribution in [3.05, 3.63) is 63.6 Å². The summed E-state index contributed by atoms with van der Waals surface area (Å²) in [6, 6.07) is 10.9. The molecule has 0 saturated carbocycles. The highest BCUT2D eigenvalue weighted by molar-refractivity contribution is 9.10. The van der Waals surface area contributed by atoms with Crippen LogP contribution in [-0.4, -0.2) is 30.2 Å². The Morgan fingerprint density at radius 3 is 2.18 bits per heavy atom. The number of rotatable bonds is 4. The molecule has 0 bridgehead atoms. The highest BCUT2D eigenvalue weighted by atomic mass is 79.9. The Morgan fingerprint density at radius 2 is 1.57 bits per heavy atom. The molecule has 2 amide bonds. The first-order chi connectivity index (χ1) is 13.1. The Balaban J connectivity index is 1.82. The van der Waals surface area contributed by atoms with Crippen molar-refractivity contribution >= 4 is 45.2 Å². The summed E-state index contributed by atoms with van der Waals surface area (Å²) < 4.78 is 5.88. The first kappa shape index (κ1) is 19.9. The fraction of sp³-hybridized carbons (Fsp3) is 0.238. The molecule has 0 N–H and O–H groups in total. The largest absolute Gasteiger partial charge is 0.454 e. The Bertz CT molecular complexity index is 989. The van der Waals surface area contributed by atoms with E-state index in [9.17, 15) is 19.2 Å². The molecule has 1 aliphatic rings. The minimum Gasteiger partial charge on any atom is -0.454 e. The number of Topliss-reactive ketones (excluding diaryl/α,β-unsaturated/α-hetero) is 1. The quantitative estimate of drug-likeness (QED) is 0.526. The maximum absolute atomic E-state index is 12.8. The molecule has 0 aliphatic carbocycles. The van der Waals surface area contributed by atoms with Crippen LogP contribution in [0.25, 0.3) is 0 Å². The molecule has 0 unspecified atom stereocenters. The molecule has 2 aromatic carbocycles. The van der Waals surface area contributed by atoms with E-state index in [0.29, 0.717) is 5.69 Å². The van der Waals surface area contributed by atoms with Gasteiger partial charge < -0.3 is 4.74 Å². The van der Waals surface area contributed by atoms with Gasteiger partial charge in [0.15, 0.2) is 12.4 Å². The first-order valence-corrected chi connectivity index (χ1v) is 9.38. The number of ether oxygens (including phenoxy) is 1.